The largest absolute Gasteiger partial charge is 0.356 e. The second-order valence-corrected chi connectivity index (χ2v) is 4.98. The molecule has 0 unspecified atom stereocenters. The van der Waals surface area contributed by atoms with Crippen LogP contribution in [-0.4, -0.2) is 17.4 Å². The third-order valence-electron chi connectivity index (χ3n) is 3.36. The molecule has 1 N–H and O–H groups in total. The Morgan fingerprint density at radius 1 is 1.44 bits per heavy atom. The molecule has 0 saturated heterocycles. The van der Waals surface area contributed by atoms with Crippen LogP contribution < -0.4 is 5.32 Å². The number of hydrogen-bond donors (Lipinski definition) is 1. The van der Waals surface area contributed by atoms with Crippen LogP contribution in [0.25, 0.3) is 0 Å². The molecule has 1 aromatic rings. The summed E-state index contributed by atoms with van der Waals surface area (Å²) in [7, 11) is 0. The van der Waals surface area contributed by atoms with Crippen LogP contribution in [0, 0.1) is 5.92 Å². The zero-order chi connectivity index (χ0) is 12.8. The third kappa shape index (κ3) is 3.99. The van der Waals surface area contributed by atoms with Crippen LogP contribution in [0.15, 0.2) is 36.5 Å². The quantitative estimate of drug-likeness (QED) is 0.781. The van der Waals surface area contributed by atoms with Crippen molar-refractivity contribution in [1.29, 1.82) is 0 Å². The van der Waals surface area contributed by atoms with Crippen LogP contribution in [0.4, 0.5) is 0 Å². The Hall–Kier alpha value is -1.64. The van der Waals surface area contributed by atoms with Gasteiger partial charge in [0, 0.05) is 31.3 Å². The standard InChI is InChI=1S/C15H20N2O/c1-12-10-13(11-12)5-6-15(18)17-9-7-14-4-2-3-8-16-14/h2-4,8,13H,1,5-7,9-11H2,(H,17,18). The first-order chi connectivity index (χ1) is 8.74. The normalized spacial score (nSPS) is 15.2. The molecule has 3 nitrogen and oxygen atoms in total. The minimum atomic E-state index is 0.156. The van der Waals surface area contributed by atoms with Crippen LogP contribution in [0.2, 0.25) is 0 Å². The maximum atomic E-state index is 11.6. The van der Waals surface area contributed by atoms with Gasteiger partial charge in [0.1, 0.15) is 0 Å². The highest BCUT2D eigenvalue weighted by molar-refractivity contribution is 5.75. The number of amides is 1. The minimum Gasteiger partial charge on any atom is -0.356 e. The highest BCUT2D eigenvalue weighted by Gasteiger charge is 2.21. The average molecular weight is 244 g/mol. The molecule has 0 radical (unpaired) electrons. The SMILES string of the molecule is C=C1CC(CCC(=O)NCCc2ccccn2)C1. The van der Waals surface area contributed by atoms with E-state index in [0.29, 0.717) is 18.9 Å². The first-order valence-electron chi connectivity index (χ1n) is 6.57. The van der Waals surface area contributed by atoms with Gasteiger partial charge in [-0.25, -0.2) is 0 Å². The second-order valence-electron chi connectivity index (χ2n) is 4.98. The summed E-state index contributed by atoms with van der Waals surface area (Å²) < 4.78 is 0. The molecule has 1 aliphatic carbocycles. The molecule has 0 aliphatic heterocycles. The highest BCUT2D eigenvalue weighted by atomic mass is 16.1. The molecule has 0 aromatic carbocycles. The van der Waals surface area contributed by atoms with Crippen molar-refractivity contribution in [1.82, 2.24) is 10.3 Å². The number of hydrogen-bond acceptors (Lipinski definition) is 2. The Balaban J connectivity index is 1.56. The molecule has 0 spiro atoms. The van der Waals surface area contributed by atoms with Crippen molar-refractivity contribution in [2.45, 2.75) is 32.1 Å². The molecule has 1 aliphatic rings. The first-order valence-corrected chi connectivity index (χ1v) is 6.57. The van der Waals surface area contributed by atoms with Crippen LogP contribution in [-0.2, 0) is 11.2 Å². The van der Waals surface area contributed by atoms with E-state index in [2.05, 4.69) is 16.9 Å². The average Bonchev–Trinajstić information content (AvgIpc) is 2.34. The van der Waals surface area contributed by atoms with E-state index < -0.39 is 0 Å². The summed E-state index contributed by atoms with van der Waals surface area (Å²) in [6.45, 7) is 4.59. The molecular weight excluding hydrogens is 224 g/mol. The number of allylic oxidation sites excluding steroid dienone is 1. The number of carbonyl (C=O) groups excluding carboxylic acids is 1. The van der Waals surface area contributed by atoms with Gasteiger partial charge in [0.25, 0.3) is 0 Å². The summed E-state index contributed by atoms with van der Waals surface area (Å²) in [6, 6.07) is 5.84. The van der Waals surface area contributed by atoms with Crippen LogP contribution in [0.5, 0.6) is 0 Å². The van der Waals surface area contributed by atoms with Gasteiger partial charge in [0.2, 0.25) is 5.91 Å². The summed E-state index contributed by atoms with van der Waals surface area (Å²) in [4.78, 5) is 15.8. The zero-order valence-corrected chi connectivity index (χ0v) is 10.7. The zero-order valence-electron chi connectivity index (χ0n) is 10.7. The maximum absolute atomic E-state index is 11.6. The van der Waals surface area contributed by atoms with E-state index in [0.717, 1.165) is 31.4 Å². The Labute approximate surface area is 108 Å². The molecule has 1 fully saturated rings. The third-order valence-corrected chi connectivity index (χ3v) is 3.36. The lowest BCUT2D eigenvalue weighted by Gasteiger charge is -2.27. The van der Waals surface area contributed by atoms with Gasteiger partial charge in [-0.3, -0.25) is 9.78 Å². The van der Waals surface area contributed by atoms with Gasteiger partial charge in [-0.1, -0.05) is 18.2 Å². The Morgan fingerprint density at radius 3 is 2.94 bits per heavy atom. The Bertz CT molecular complexity index is 406. The highest BCUT2D eigenvalue weighted by Crippen LogP contribution is 2.34. The maximum Gasteiger partial charge on any atom is 0.220 e. The monoisotopic (exact) mass is 244 g/mol. The van der Waals surface area contributed by atoms with Crippen LogP contribution >= 0.6 is 0 Å². The fourth-order valence-corrected chi connectivity index (χ4v) is 2.26. The van der Waals surface area contributed by atoms with Gasteiger partial charge in [-0.15, -0.1) is 0 Å². The number of nitrogens with zero attached hydrogens (tertiary/aromatic N) is 1. The fraction of sp³-hybridized carbons (Fsp3) is 0.467. The Kier molecular flexibility index (Phi) is 4.51. The molecule has 96 valence electrons. The molecule has 1 saturated carbocycles. The summed E-state index contributed by atoms with van der Waals surface area (Å²) in [6.07, 6.45) is 6.43. The molecule has 3 heteroatoms. The number of nitrogens with one attached hydrogen (secondary N) is 1. The lowest BCUT2D eigenvalue weighted by atomic mass is 9.78. The topological polar surface area (TPSA) is 42.0 Å². The van der Waals surface area contributed by atoms with E-state index >= 15 is 0 Å². The summed E-state index contributed by atoms with van der Waals surface area (Å²) in [5, 5.41) is 2.94. The molecule has 0 atom stereocenters. The van der Waals surface area contributed by atoms with Gasteiger partial charge in [0.05, 0.1) is 0 Å². The van der Waals surface area contributed by atoms with E-state index in [1.807, 2.05) is 18.2 Å². The lowest BCUT2D eigenvalue weighted by molar-refractivity contribution is -0.121. The molecule has 2 rings (SSSR count). The molecular formula is C15H20N2O. The number of pyridine rings is 1. The van der Waals surface area contributed by atoms with Crippen LogP contribution in [0.1, 0.15) is 31.4 Å². The molecule has 1 amide bonds. The van der Waals surface area contributed by atoms with Gasteiger partial charge >= 0.3 is 0 Å². The van der Waals surface area contributed by atoms with E-state index in [1.54, 1.807) is 6.20 Å². The first kappa shape index (κ1) is 12.8. The van der Waals surface area contributed by atoms with Crippen molar-refractivity contribution >= 4 is 5.91 Å². The predicted molar refractivity (Wildman–Crippen MR) is 72.0 cm³/mol. The molecule has 1 heterocycles. The van der Waals surface area contributed by atoms with Crippen molar-refractivity contribution in [2.75, 3.05) is 6.54 Å². The number of carbonyl (C=O) groups is 1. The smallest absolute Gasteiger partial charge is 0.220 e. The van der Waals surface area contributed by atoms with Gasteiger partial charge in [-0.05, 0) is 37.3 Å². The summed E-state index contributed by atoms with van der Waals surface area (Å²) in [5.74, 6) is 0.850. The van der Waals surface area contributed by atoms with Crippen molar-refractivity contribution in [3.05, 3.63) is 42.2 Å². The predicted octanol–water partition coefficient (Wildman–Crippen LogP) is 2.49. The van der Waals surface area contributed by atoms with Gasteiger partial charge in [0.15, 0.2) is 0 Å². The molecule has 1 aromatic heterocycles. The summed E-state index contributed by atoms with van der Waals surface area (Å²) >= 11 is 0. The van der Waals surface area contributed by atoms with E-state index in [1.165, 1.54) is 5.57 Å². The van der Waals surface area contributed by atoms with Crippen molar-refractivity contribution in [3.8, 4) is 0 Å². The summed E-state index contributed by atoms with van der Waals surface area (Å²) in [5.41, 5.74) is 2.35. The molecule has 0 bridgehead atoms. The van der Waals surface area contributed by atoms with Gasteiger partial charge in [-0.2, -0.15) is 0 Å². The number of aromatic nitrogens is 1. The van der Waals surface area contributed by atoms with Crippen LogP contribution in [0.3, 0.4) is 0 Å². The minimum absolute atomic E-state index is 0.156. The lowest BCUT2D eigenvalue weighted by Crippen LogP contribution is -2.27. The Morgan fingerprint density at radius 2 is 2.28 bits per heavy atom. The van der Waals surface area contributed by atoms with Crippen molar-refractivity contribution in [3.63, 3.8) is 0 Å². The molecule has 18 heavy (non-hydrogen) atoms. The van der Waals surface area contributed by atoms with E-state index in [9.17, 15) is 4.79 Å². The van der Waals surface area contributed by atoms with E-state index in [4.69, 9.17) is 0 Å². The number of rotatable bonds is 6. The van der Waals surface area contributed by atoms with Crippen molar-refractivity contribution in [2.24, 2.45) is 5.92 Å². The van der Waals surface area contributed by atoms with Gasteiger partial charge < -0.3 is 5.32 Å². The second kappa shape index (κ2) is 6.34. The van der Waals surface area contributed by atoms with Crippen molar-refractivity contribution < 1.29 is 4.79 Å². The van der Waals surface area contributed by atoms with E-state index in [-0.39, 0.29) is 5.91 Å². The fourth-order valence-electron chi connectivity index (χ4n) is 2.26.